The van der Waals surface area contributed by atoms with Crippen molar-refractivity contribution < 1.29 is 9.32 Å². The quantitative estimate of drug-likeness (QED) is 0.402. The summed E-state index contributed by atoms with van der Waals surface area (Å²) in [5.74, 6) is 0.373. The molecule has 0 aliphatic carbocycles. The van der Waals surface area contributed by atoms with Crippen molar-refractivity contribution in [1.29, 1.82) is 0 Å². The Labute approximate surface area is 200 Å². The molecule has 0 bridgehead atoms. The summed E-state index contributed by atoms with van der Waals surface area (Å²) in [6.07, 6.45) is 5.20. The van der Waals surface area contributed by atoms with E-state index in [0.717, 1.165) is 16.8 Å². The summed E-state index contributed by atoms with van der Waals surface area (Å²) in [6, 6.07) is 14.4. The smallest absolute Gasteiger partial charge is 0.261 e. The third-order valence-electron chi connectivity index (χ3n) is 5.66. The van der Waals surface area contributed by atoms with E-state index in [4.69, 9.17) is 4.52 Å². The van der Waals surface area contributed by atoms with Crippen LogP contribution in [-0.2, 0) is 13.0 Å². The van der Waals surface area contributed by atoms with Gasteiger partial charge in [-0.25, -0.2) is 4.98 Å². The lowest BCUT2D eigenvalue weighted by Gasteiger charge is -2.13. The molecular formula is C26H22N6O3. The monoisotopic (exact) mass is 466 g/mol. The second kappa shape index (κ2) is 9.30. The number of fused-ring (bicyclic) bond motifs is 1. The summed E-state index contributed by atoms with van der Waals surface area (Å²) in [4.78, 5) is 39.2. The molecule has 9 heteroatoms. The van der Waals surface area contributed by atoms with E-state index in [1.54, 1.807) is 48.9 Å². The minimum Gasteiger partial charge on any atom is -0.339 e. The van der Waals surface area contributed by atoms with Crippen LogP contribution in [0.15, 0.2) is 76.4 Å². The molecule has 1 aromatic carbocycles. The highest BCUT2D eigenvalue weighted by Crippen LogP contribution is 2.21. The molecule has 5 rings (SSSR count). The van der Waals surface area contributed by atoms with E-state index in [9.17, 15) is 9.59 Å². The number of nitrogens with one attached hydrogen (secondary N) is 1. The van der Waals surface area contributed by atoms with Crippen LogP contribution in [0.3, 0.4) is 0 Å². The number of benzene rings is 1. The molecule has 0 fully saturated rings. The number of aromatic nitrogens is 5. The molecule has 0 aliphatic heterocycles. The first-order valence-corrected chi connectivity index (χ1v) is 11.2. The number of carbonyl (C=O) groups excluding carboxylic acids is 1. The van der Waals surface area contributed by atoms with E-state index in [1.807, 2.05) is 36.6 Å². The summed E-state index contributed by atoms with van der Waals surface area (Å²) in [6.45, 7) is 4.38. The van der Waals surface area contributed by atoms with Crippen molar-refractivity contribution in [2.75, 3.05) is 5.32 Å². The van der Waals surface area contributed by atoms with Crippen LogP contribution in [0.25, 0.3) is 22.4 Å². The highest BCUT2D eigenvalue weighted by atomic mass is 16.5. The molecule has 0 saturated heterocycles. The number of anilines is 1. The van der Waals surface area contributed by atoms with Gasteiger partial charge < -0.3 is 14.4 Å². The maximum atomic E-state index is 13.2. The van der Waals surface area contributed by atoms with Gasteiger partial charge in [0, 0.05) is 42.1 Å². The lowest BCUT2D eigenvalue weighted by molar-refractivity contribution is 0.102. The van der Waals surface area contributed by atoms with Crippen LogP contribution in [-0.4, -0.2) is 30.6 Å². The molecule has 0 aliphatic rings. The highest BCUT2D eigenvalue weighted by molar-refractivity contribution is 6.06. The zero-order chi connectivity index (χ0) is 24.4. The summed E-state index contributed by atoms with van der Waals surface area (Å²) >= 11 is 0. The molecular weight excluding hydrogens is 444 g/mol. The van der Waals surface area contributed by atoms with Gasteiger partial charge in [0.05, 0.1) is 11.8 Å². The van der Waals surface area contributed by atoms with Crippen LogP contribution < -0.4 is 10.7 Å². The first kappa shape index (κ1) is 22.1. The van der Waals surface area contributed by atoms with Gasteiger partial charge in [-0.05, 0) is 49.7 Å². The lowest BCUT2D eigenvalue weighted by atomic mass is 10.1. The van der Waals surface area contributed by atoms with Gasteiger partial charge in [0.15, 0.2) is 0 Å². The minimum atomic E-state index is -0.491. The molecule has 35 heavy (non-hydrogen) atoms. The molecule has 0 spiro atoms. The molecule has 1 amide bonds. The van der Waals surface area contributed by atoms with Crippen molar-refractivity contribution in [2.24, 2.45) is 0 Å². The Morgan fingerprint density at radius 1 is 1.06 bits per heavy atom. The normalized spacial score (nSPS) is 11.0. The summed E-state index contributed by atoms with van der Waals surface area (Å²) in [5.41, 5.74) is 3.20. The Balaban J connectivity index is 1.43. The highest BCUT2D eigenvalue weighted by Gasteiger charge is 2.18. The molecule has 1 N–H and O–H groups in total. The topological polar surface area (TPSA) is 116 Å². The molecule has 4 aromatic heterocycles. The van der Waals surface area contributed by atoms with Crippen molar-refractivity contribution in [3.05, 3.63) is 100 Å². The standard InChI is InChI=1S/C26H22N6O3/c1-3-32-15-20(23(33)19-9-8-16(2)28-25(19)32)26(34)29-21-7-5-4-6-18(21)14-22-30-24(31-35-22)17-10-12-27-13-11-17/h4-13,15H,3,14H2,1-2H3,(H,29,34). The predicted octanol–water partition coefficient (Wildman–Crippen LogP) is 4.01. The third-order valence-corrected chi connectivity index (χ3v) is 5.66. The second-order valence-electron chi connectivity index (χ2n) is 8.02. The molecule has 9 nitrogen and oxygen atoms in total. The van der Waals surface area contributed by atoms with E-state index in [1.165, 1.54) is 0 Å². The molecule has 0 saturated carbocycles. The Bertz CT molecular complexity index is 1590. The third kappa shape index (κ3) is 4.43. The second-order valence-corrected chi connectivity index (χ2v) is 8.02. The number of aryl methyl sites for hydroxylation is 2. The summed E-state index contributed by atoms with van der Waals surface area (Å²) in [5, 5.41) is 7.33. The number of amides is 1. The van der Waals surface area contributed by atoms with Crippen LogP contribution in [0, 0.1) is 6.92 Å². The molecule has 0 radical (unpaired) electrons. The lowest BCUT2D eigenvalue weighted by Crippen LogP contribution is -2.24. The van der Waals surface area contributed by atoms with E-state index in [2.05, 4.69) is 25.4 Å². The van der Waals surface area contributed by atoms with Crippen molar-refractivity contribution in [2.45, 2.75) is 26.8 Å². The van der Waals surface area contributed by atoms with Gasteiger partial charge in [-0.3, -0.25) is 14.6 Å². The van der Waals surface area contributed by atoms with Crippen LogP contribution in [0.2, 0.25) is 0 Å². The minimum absolute atomic E-state index is 0.0533. The number of para-hydroxylation sites is 1. The van der Waals surface area contributed by atoms with E-state index in [0.29, 0.717) is 41.4 Å². The van der Waals surface area contributed by atoms with Crippen LogP contribution in [0.4, 0.5) is 5.69 Å². The number of nitrogens with zero attached hydrogens (tertiary/aromatic N) is 5. The van der Waals surface area contributed by atoms with Gasteiger partial charge in [-0.2, -0.15) is 4.98 Å². The zero-order valence-electron chi connectivity index (χ0n) is 19.2. The van der Waals surface area contributed by atoms with Gasteiger partial charge in [-0.1, -0.05) is 23.4 Å². The number of rotatable bonds is 6. The van der Waals surface area contributed by atoms with Gasteiger partial charge in [0.2, 0.25) is 17.1 Å². The first-order chi connectivity index (χ1) is 17.0. The van der Waals surface area contributed by atoms with Crippen molar-refractivity contribution >= 4 is 22.6 Å². The largest absolute Gasteiger partial charge is 0.339 e. The fourth-order valence-corrected chi connectivity index (χ4v) is 3.86. The number of hydrogen-bond acceptors (Lipinski definition) is 7. The molecule has 0 unspecified atom stereocenters. The SMILES string of the molecule is CCn1cc(C(=O)Nc2ccccc2Cc2nc(-c3ccncc3)no2)c(=O)c2ccc(C)nc21. The van der Waals surface area contributed by atoms with Gasteiger partial charge in [0.25, 0.3) is 5.91 Å². The van der Waals surface area contributed by atoms with Crippen LogP contribution in [0.5, 0.6) is 0 Å². The van der Waals surface area contributed by atoms with Crippen molar-refractivity contribution in [1.82, 2.24) is 24.7 Å². The molecule has 174 valence electrons. The Morgan fingerprint density at radius 3 is 2.66 bits per heavy atom. The summed E-state index contributed by atoms with van der Waals surface area (Å²) < 4.78 is 7.23. The van der Waals surface area contributed by atoms with E-state index in [-0.39, 0.29) is 11.0 Å². The Morgan fingerprint density at radius 2 is 1.86 bits per heavy atom. The van der Waals surface area contributed by atoms with Crippen LogP contribution in [0.1, 0.15) is 34.4 Å². The van der Waals surface area contributed by atoms with Gasteiger partial charge >= 0.3 is 0 Å². The van der Waals surface area contributed by atoms with Crippen molar-refractivity contribution in [3.63, 3.8) is 0 Å². The first-order valence-electron chi connectivity index (χ1n) is 11.2. The van der Waals surface area contributed by atoms with Gasteiger partial charge in [0.1, 0.15) is 11.2 Å². The maximum Gasteiger partial charge on any atom is 0.261 e. The fraction of sp³-hybridized carbons (Fsp3) is 0.154. The Kier molecular flexibility index (Phi) is 5.88. The molecule has 0 atom stereocenters. The van der Waals surface area contributed by atoms with Crippen LogP contribution >= 0.6 is 0 Å². The molecule has 5 aromatic rings. The van der Waals surface area contributed by atoms with Crippen molar-refractivity contribution in [3.8, 4) is 11.4 Å². The Hall–Kier alpha value is -4.66. The molecule has 4 heterocycles. The number of carbonyl (C=O) groups is 1. The maximum absolute atomic E-state index is 13.2. The van der Waals surface area contributed by atoms with Gasteiger partial charge in [-0.15, -0.1) is 0 Å². The van der Waals surface area contributed by atoms with E-state index < -0.39 is 5.91 Å². The zero-order valence-corrected chi connectivity index (χ0v) is 19.2. The number of pyridine rings is 3. The fourth-order valence-electron chi connectivity index (χ4n) is 3.86. The predicted molar refractivity (Wildman–Crippen MR) is 131 cm³/mol. The average molecular weight is 467 g/mol. The average Bonchev–Trinajstić information content (AvgIpc) is 3.34. The van der Waals surface area contributed by atoms with E-state index >= 15 is 0 Å². The number of hydrogen-bond donors (Lipinski definition) is 1. The summed E-state index contributed by atoms with van der Waals surface area (Å²) in [7, 11) is 0.